The number of para-hydroxylation sites is 1. The van der Waals surface area contributed by atoms with E-state index in [2.05, 4.69) is 0 Å². The second-order valence-corrected chi connectivity index (χ2v) is 7.90. The third-order valence-corrected chi connectivity index (χ3v) is 5.39. The Bertz CT molecular complexity index is 909. The highest BCUT2D eigenvalue weighted by Crippen LogP contribution is 2.52. The number of halogens is 2. The first-order valence-corrected chi connectivity index (χ1v) is 10.0. The van der Waals surface area contributed by atoms with Crippen LogP contribution < -0.4 is 9.64 Å². The molecule has 0 aromatic heterocycles. The lowest BCUT2D eigenvalue weighted by Gasteiger charge is -2.33. The van der Waals surface area contributed by atoms with E-state index in [4.69, 9.17) is 37.4 Å². The second-order valence-electron chi connectivity index (χ2n) is 7.09. The van der Waals surface area contributed by atoms with Crippen molar-refractivity contribution in [3.63, 3.8) is 0 Å². The first-order chi connectivity index (χ1) is 13.4. The molecule has 0 radical (unpaired) electrons. The Morgan fingerprint density at radius 1 is 1.11 bits per heavy atom. The smallest absolute Gasteiger partial charge is 0.292 e. The van der Waals surface area contributed by atoms with Gasteiger partial charge in [-0.1, -0.05) is 41.4 Å². The Hall–Kier alpha value is -1.79. The molecule has 0 unspecified atom stereocenters. The number of hydrogen-bond donors (Lipinski definition) is 0. The Kier molecular flexibility index (Phi) is 5.27. The van der Waals surface area contributed by atoms with E-state index in [1.54, 1.807) is 17.0 Å². The first kappa shape index (κ1) is 19.5. The molecule has 0 bridgehead atoms. The molecular weight excluding hydrogens is 401 g/mol. The maximum atomic E-state index is 13.5. The fraction of sp³-hybridized carbons (Fsp3) is 0.381. The van der Waals surface area contributed by atoms with Gasteiger partial charge in [0.25, 0.3) is 11.7 Å². The SMILES string of the molecule is CC(C)Oc1ccccc1CN1C(=O)C2(OCCCO2)c2c(Cl)ccc(Cl)c21. The van der Waals surface area contributed by atoms with Gasteiger partial charge in [-0.15, -0.1) is 0 Å². The van der Waals surface area contributed by atoms with Crippen molar-refractivity contribution in [2.45, 2.75) is 38.7 Å². The summed E-state index contributed by atoms with van der Waals surface area (Å²) in [5, 5.41) is 0.813. The number of anilines is 1. The number of amides is 1. The van der Waals surface area contributed by atoms with E-state index in [9.17, 15) is 4.79 Å². The van der Waals surface area contributed by atoms with Gasteiger partial charge < -0.3 is 19.1 Å². The van der Waals surface area contributed by atoms with Crippen molar-refractivity contribution in [1.82, 2.24) is 0 Å². The molecule has 148 valence electrons. The summed E-state index contributed by atoms with van der Waals surface area (Å²) >= 11 is 13.0. The molecule has 1 amide bonds. The molecule has 7 heteroatoms. The first-order valence-electron chi connectivity index (χ1n) is 9.27. The molecule has 0 saturated carbocycles. The molecule has 0 aliphatic carbocycles. The third-order valence-electron chi connectivity index (χ3n) is 4.77. The highest BCUT2D eigenvalue weighted by Gasteiger charge is 2.57. The van der Waals surface area contributed by atoms with Gasteiger partial charge in [-0.2, -0.15) is 0 Å². The predicted octanol–water partition coefficient (Wildman–Crippen LogP) is 4.92. The Morgan fingerprint density at radius 2 is 1.79 bits per heavy atom. The quantitative estimate of drug-likeness (QED) is 0.702. The summed E-state index contributed by atoms with van der Waals surface area (Å²) in [6.07, 6.45) is 0.727. The average molecular weight is 422 g/mol. The molecule has 28 heavy (non-hydrogen) atoms. The summed E-state index contributed by atoms with van der Waals surface area (Å²) in [5.74, 6) is -1.14. The summed E-state index contributed by atoms with van der Waals surface area (Å²) in [4.78, 5) is 15.1. The fourth-order valence-corrected chi connectivity index (χ4v) is 4.17. The van der Waals surface area contributed by atoms with E-state index in [1.165, 1.54) is 0 Å². The third kappa shape index (κ3) is 3.16. The van der Waals surface area contributed by atoms with Gasteiger partial charge in [-0.3, -0.25) is 4.79 Å². The van der Waals surface area contributed by atoms with Gasteiger partial charge in [0.15, 0.2) is 0 Å². The highest BCUT2D eigenvalue weighted by atomic mass is 35.5. The van der Waals surface area contributed by atoms with Crippen LogP contribution in [0, 0.1) is 0 Å². The molecule has 4 rings (SSSR count). The topological polar surface area (TPSA) is 48.0 Å². The van der Waals surface area contributed by atoms with Gasteiger partial charge in [0.1, 0.15) is 5.75 Å². The number of carbonyl (C=O) groups excluding carboxylic acids is 1. The number of fused-ring (bicyclic) bond motifs is 2. The summed E-state index contributed by atoms with van der Waals surface area (Å²) in [5.41, 5.74) is 1.87. The fourth-order valence-electron chi connectivity index (χ4n) is 3.63. The van der Waals surface area contributed by atoms with Crippen molar-refractivity contribution >= 4 is 34.8 Å². The van der Waals surface area contributed by atoms with Crippen LogP contribution in [0.5, 0.6) is 5.75 Å². The van der Waals surface area contributed by atoms with Gasteiger partial charge in [0.05, 0.1) is 47.2 Å². The molecule has 5 nitrogen and oxygen atoms in total. The minimum atomic E-state index is -1.54. The molecule has 2 aliphatic rings. The lowest BCUT2D eigenvalue weighted by molar-refractivity contribution is -0.256. The minimum absolute atomic E-state index is 0.0112. The number of carbonyl (C=O) groups is 1. The maximum absolute atomic E-state index is 13.5. The number of benzene rings is 2. The van der Waals surface area contributed by atoms with Crippen LogP contribution in [0.3, 0.4) is 0 Å². The molecule has 2 aromatic rings. The van der Waals surface area contributed by atoms with E-state index < -0.39 is 5.79 Å². The van der Waals surface area contributed by atoms with E-state index in [0.29, 0.717) is 40.9 Å². The molecule has 2 aromatic carbocycles. The van der Waals surface area contributed by atoms with Gasteiger partial charge in [-0.05, 0) is 38.5 Å². The van der Waals surface area contributed by atoms with E-state index in [1.807, 2.05) is 38.1 Å². The molecule has 0 atom stereocenters. The van der Waals surface area contributed by atoms with Crippen LogP contribution in [-0.2, 0) is 26.6 Å². The largest absolute Gasteiger partial charge is 0.491 e. The lowest BCUT2D eigenvalue weighted by Crippen LogP contribution is -2.47. The molecule has 2 aliphatic heterocycles. The van der Waals surface area contributed by atoms with Crippen LogP contribution >= 0.6 is 23.2 Å². The second kappa shape index (κ2) is 7.56. The summed E-state index contributed by atoms with van der Waals surface area (Å²) in [6, 6.07) is 11.0. The number of ether oxygens (including phenoxy) is 3. The summed E-state index contributed by atoms with van der Waals surface area (Å²) in [6.45, 7) is 5.01. The average Bonchev–Trinajstić information content (AvgIpc) is 2.90. The van der Waals surface area contributed by atoms with Crippen molar-refractivity contribution in [2.24, 2.45) is 0 Å². The van der Waals surface area contributed by atoms with Crippen LogP contribution in [0.15, 0.2) is 36.4 Å². The van der Waals surface area contributed by atoms with E-state index in [-0.39, 0.29) is 18.6 Å². The van der Waals surface area contributed by atoms with Gasteiger partial charge >= 0.3 is 0 Å². The number of nitrogens with zero attached hydrogens (tertiary/aromatic N) is 1. The lowest BCUT2D eigenvalue weighted by atomic mass is 10.1. The number of hydrogen-bond acceptors (Lipinski definition) is 4. The van der Waals surface area contributed by atoms with Crippen LogP contribution in [0.2, 0.25) is 10.0 Å². The molecule has 1 spiro atoms. The Balaban J connectivity index is 1.80. The zero-order valence-electron chi connectivity index (χ0n) is 15.7. The highest BCUT2D eigenvalue weighted by molar-refractivity contribution is 6.38. The van der Waals surface area contributed by atoms with E-state index in [0.717, 1.165) is 11.3 Å². The van der Waals surface area contributed by atoms with Gasteiger partial charge in [0, 0.05) is 5.56 Å². The zero-order chi connectivity index (χ0) is 19.9. The molecular formula is C21H21Cl2NO4. The van der Waals surface area contributed by atoms with Crippen LogP contribution in [0.1, 0.15) is 31.4 Å². The van der Waals surface area contributed by atoms with Crippen LogP contribution in [0.25, 0.3) is 0 Å². The van der Waals surface area contributed by atoms with Crippen LogP contribution in [-0.4, -0.2) is 25.2 Å². The Labute approximate surface area is 174 Å². The molecule has 1 fully saturated rings. The molecule has 2 heterocycles. The van der Waals surface area contributed by atoms with Crippen molar-refractivity contribution in [3.8, 4) is 5.75 Å². The predicted molar refractivity (Wildman–Crippen MR) is 108 cm³/mol. The van der Waals surface area contributed by atoms with Crippen molar-refractivity contribution in [2.75, 3.05) is 18.1 Å². The standard InChI is InChI=1S/C21H21Cl2NO4/c1-13(2)28-17-7-4-3-6-14(17)12-24-19-16(23)9-8-15(22)18(19)21(20(24)25)26-10-5-11-27-21/h3-4,6-9,13H,5,10-12H2,1-2H3. The van der Waals surface area contributed by atoms with Gasteiger partial charge in [-0.25, -0.2) is 0 Å². The number of rotatable bonds is 4. The maximum Gasteiger partial charge on any atom is 0.292 e. The van der Waals surface area contributed by atoms with Crippen molar-refractivity contribution in [3.05, 3.63) is 57.6 Å². The van der Waals surface area contributed by atoms with Crippen molar-refractivity contribution in [1.29, 1.82) is 0 Å². The molecule has 0 N–H and O–H groups in total. The van der Waals surface area contributed by atoms with E-state index >= 15 is 0 Å². The minimum Gasteiger partial charge on any atom is -0.491 e. The molecule has 1 saturated heterocycles. The summed E-state index contributed by atoms with van der Waals surface area (Å²) in [7, 11) is 0. The Morgan fingerprint density at radius 3 is 2.50 bits per heavy atom. The van der Waals surface area contributed by atoms with Crippen LogP contribution in [0.4, 0.5) is 5.69 Å². The normalized spacial score (nSPS) is 18.0. The summed E-state index contributed by atoms with van der Waals surface area (Å²) < 4.78 is 17.7. The van der Waals surface area contributed by atoms with Gasteiger partial charge in [0.2, 0.25) is 0 Å². The monoisotopic (exact) mass is 421 g/mol. The van der Waals surface area contributed by atoms with Crippen molar-refractivity contribution < 1.29 is 19.0 Å². The zero-order valence-corrected chi connectivity index (χ0v) is 17.2.